The number of nitrogens with one attached hydrogen (secondary N) is 1. The zero-order chi connectivity index (χ0) is 12.3. The maximum atomic E-state index is 11.8. The van der Waals surface area contributed by atoms with Gasteiger partial charge in [-0.2, -0.15) is 0 Å². The molecule has 0 aromatic carbocycles. The fourth-order valence-corrected chi connectivity index (χ4v) is 4.21. The van der Waals surface area contributed by atoms with Crippen molar-refractivity contribution in [3.63, 3.8) is 0 Å². The third kappa shape index (κ3) is 4.22. The van der Waals surface area contributed by atoms with Gasteiger partial charge in [0, 0.05) is 18.0 Å². The summed E-state index contributed by atoms with van der Waals surface area (Å²) in [6.45, 7) is 1.53. The highest BCUT2D eigenvalue weighted by molar-refractivity contribution is 7.89. The molecule has 1 aliphatic heterocycles. The first kappa shape index (κ1) is 13.3. The number of hydrogen-bond donors (Lipinski definition) is 1. The lowest BCUT2D eigenvalue weighted by atomic mass is 10.2. The Morgan fingerprint density at radius 1 is 1.53 bits per heavy atom. The highest BCUT2D eigenvalue weighted by Gasteiger charge is 2.22. The molecule has 1 atom stereocenters. The van der Waals surface area contributed by atoms with Crippen molar-refractivity contribution in [1.29, 1.82) is 0 Å². The van der Waals surface area contributed by atoms with Gasteiger partial charge in [-0.15, -0.1) is 11.3 Å². The van der Waals surface area contributed by atoms with E-state index in [1.807, 2.05) is 6.07 Å². The molecule has 2 rings (SSSR count). The van der Waals surface area contributed by atoms with Crippen molar-refractivity contribution in [2.75, 3.05) is 19.0 Å². The molecule has 1 saturated heterocycles. The molecule has 1 unspecified atom stereocenters. The van der Waals surface area contributed by atoms with Crippen LogP contribution in [0.15, 0.2) is 12.1 Å². The average Bonchev–Trinajstić information content (AvgIpc) is 2.86. The summed E-state index contributed by atoms with van der Waals surface area (Å²) >= 11 is 7.16. The van der Waals surface area contributed by atoms with E-state index in [4.69, 9.17) is 16.3 Å². The summed E-state index contributed by atoms with van der Waals surface area (Å²) in [5.41, 5.74) is 0. The summed E-state index contributed by atoms with van der Waals surface area (Å²) in [4.78, 5) is 0.918. The summed E-state index contributed by atoms with van der Waals surface area (Å²) in [7, 11) is -3.22. The van der Waals surface area contributed by atoms with Crippen molar-refractivity contribution in [3.05, 3.63) is 21.3 Å². The lowest BCUT2D eigenvalue weighted by Crippen LogP contribution is -2.29. The minimum atomic E-state index is -3.22. The molecule has 0 radical (unpaired) electrons. The second kappa shape index (κ2) is 5.67. The molecule has 0 aliphatic carbocycles. The highest BCUT2D eigenvalue weighted by atomic mass is 35.5. The van der Waals surface area contributed by atoms with Gasteiger partial charge in [-0.3, -0.25) is 0 Å². The van der Waals surface area contributed by atoms with Crippen molar-refractivity contribution in [2.45, 2.75) is 13.0 Å². The number of sulfonamides is 1. The van der Waals surface area contributed by atoms with Crippen LogP contribution >= 0.6 is 22.9 Å². The number of thiophene rings is 1. The lowest BCUT2D eigenvalue weighted by Gasteiger charge is -2.09. The predicted molar refractivity (Wildman–Crippen MR) is 68.9 cm³/mol. The molecule has 4 nitrogen and oxygen atoms in total. The molecule has 17 heavy (non-hydrogen) atoms. The van der Waals surface area contributed by atoms with E-state index >= 15 is 0 Å². The Bertz CT molecular complexity index is 466. The van der Waals surface area contributed by atoms with Crippen LogP contribution in [-0.2, 0) is 21.3 Å². The smallest absolute Gasteiger partial charge is 0.212 e. The molecule has 1 aromatic rings. The summed E-state index contributed by atoms with van der Waals surface area (Å²) in [6.07, 6.45) is 0.825. The second-order valence-electron chi connectivity index (χ2n) is 4.04. The van der Waals surface area contributed by atoms with Crippen LogP contribution in [0.5, 0.6) is 0 Å². The molecule has 96 valence electrons. The zero-order valence-corrected chi connectivity index (χ0v) is 11.6. The molecule has 0 spiro atoms. The number of hydrogen-bond acceptors (Lipinski definition) is 4. The Kier molecular flexibility index (Phi) is 4.43. The van der Waals surface area contributed by atoms with Crippen LogP contribution < -0.4 is 4.72 Å². The van der Waals surface area contributed by atoms with Crippen LogP contribution in [0.4, 0.5) is 0 Å². The maximum absolute atomic E-state index is 11.8. The summed E-state index contributed by atoms with van der Waals surface area (Å²) < 4.78 is 32.0. The van der Waals surface area contributed by atoms with Gasteiger partial charge in [-0.05, 0) is 24.5 Å². The molecular formula is C10H14ClNO3S2. The van der Waals surface area contributed by atoms with Gasteiger partial charge in [0.1, 0.15) is 0 Å². The Morgan fingerprint density at radius 2 is 2.35 bits per heavy atom. The third-order valence-corrected chi connectivity index (χ3v) is 5.30. The van der Waals surface area contributed by atoms with Crippen molar-refractivity contribution >= 4 is 33.0 Å². The Balaban J connectivity index is 1.84. The standard InChI is InChI=1S/C10H14ClNO3S2/c11-10-2-1-9(16-10)5-12-17(13,14)7-8-3-4-15-6-8/h1-2,8,12H,3-7H2. The van der Waals surface area contributed by atoms with E-state index in [0.717, 1.165) is 11.3 Å². The van der Waals surface area contributed by atoms with Gasteiger partial charge < -0.3 is 4.74 Å². The van der Waals surface area contributed by atoms with E-state index < -0.39 is 10.0 Å². The third-order valence-electron chi connectivity index (χ3n) is 2.57. The summed E-state index contributed by atoms with van der Waals surface area (Å²) in [5, 5.41) is 0. The first-order valence-corrected chi connectivity index (χ1v) is 8.19. The average molecular weight is 296 g/mol. The van der Waals surface area contributed by atoms with Crippen molar-refractivity contribution < 1.29 is 13.2 Å². The SMILES string of the molecule is O=S(=O)(CC1CCOC1)NCc1ccc(Cl)s1. The zero-order valence-electron chi connectivity index (χ0n) is 9.19. The molecule has 0 bridgehead atoms. The molecular weight excluding hydrogens is 282 g/mol. The minimum absolute atomic E-state index is 0.124. The van der Waals surface area contributed by atoms with Crippen molar-refractivity contribution in [2.24, 2.45) is 5.92 Å². The monoisotopic (exact) mass is 295 g/mol. The molecule has 7 heteroatoms. The molecule has 2 heterocycles. The Labute approximate surface area is 110 Å². The Morgan fingerprint density at radius 3 is 2.94 bits per heavy atom. The molecule has 1 N–H and O–H groups in total. The maximum Gasteiger partial charge on any atom is 0.212 e. The minimum Gasteiger partial charge on any atom is -0.381 e. The van der Waals surface area contributed by atoms with Gasteiger partial charge in [0.25, 0.3) is 0 Å². The second-order valence-corrected chi connectivity index (χ2v) is 7.69. The summed E-state index contributed by atoms with van der Waals surface area (Å²) in [6, 6.07) is 3.59. The van der Waals surface area contributed by atoms with Crippen LogP contribution in [0.25, 0.3) is 0 Å². The van der Waals surface area contributed by atoms with E-state index in [2.05, 4.69) is 4.72 Å². The first-order chi connectivity index (χ1) is 8.05. The first-order valence-electron chi connectivity index (χ1n) is 5.34. The van der Waals surface area contributed by atoms with E-state index in [9.17, 15) is 8.42 Å². The number of ether oxygens (including phenoxy) is 1. The molecule has 0 amide bonds. The molecule has 1 fully saturated rings. The normalized spacial score (nSPS) is 20.9. The molecule has 1 aromatic heterocycles. The fourth-order valence-electron chi connectivity index (χ4n) is 1.71. The van der Waals surface area contributed by atoms with Crippen molar-refractivity contribution in [3.8, 4) is 0 Å². The van der Waals surface area contributed by atoms with E-state index in [0.29, 0.717) is 24.1 Å². The molecule has 1 aliphatic rings. The quantitative estimate of drug-likeness (QED) is 0.902. The Hall–Kier alpha value is -0.140. The van der Waals surface area contributed by atoms with Gasteiger partial charge in [0.15, 0.2) is 0 Å². The van der Waals surface area contributed by atoms with E-state index in [-0.39, 0.29) is 11.7 Å². The van der Waals surface area contributed by atoms with Crippen LogP contribution in [0, 0.1) is 5.92 Å². The van der Waals surface area contributed by atoms with Gasteiger partial charge >= 0.3 is 0 Å². The summed E-state index contributed by atoms with van der Waals surface area (Å²) in [5.74, 6) is 0.269. The van der Waals surface area contributed by atoms with Crippen LogP contribution in [-0.4, -0.2) is 27.4 Å². The van der Waals surface area contributed by atoms with Crippen LogP contribution in [0.3, 0.4) is 0 Å². The molecule has 0 saturated carbocycles. The lowest BCUT2D eigenvalue weighted by molar-refractivity contribution is 0.188. The van der Waals surface area contributed by atoms with Gasteiger partial charge in [-0.1, -0.05) is 11.6 Å². The predicted octanol–water partition coefficient (Wildman–Crippen LogP) is 1.86. The van der Waals surface area contributed by atoms with Crippen LogP contribution in [0.1, 0.15) is 11.3 Å². The number of halogens is 1. The van der Waals surface area contributed by atoms with Crippen LogP contribution in [0.2, 0.25) is 4.34 Å². The van der Waals surface area contributed by atoms with Gasteiger partial charge in [0.2, 0.25) is 10.0 Å². The number of rotatable bonds is 5. The topological polar surface area (TPSA) is 55.4 Å². The van der Waals surface area contributed by atoms with Gasteiger partial charge in [0.05, 0.1) is 16.7 Å². The highest BCUT2D eigenvalue weighted by Crippen LogP contribution is 2.21. The van der Waals surface area contributed by atoms with E-state index in [1.165, 1.54) is 11.3 Å². The fraction of sp³-hybridized carbons (Fsp3) is 0.600. The van der Waals surface area contributed by atoms with E-state index in [1.54, 1.807) is 6.07 Å². The van der Waals surface area contributed by atoms with Crippen molar-refractivity contribution in [1.82, 2.24) is 4.72 Å². The van der Waals surface area contributed by atoms with Gasteiger partial charge in [-0.25, -0.2) is 13.1 Å². The largest absolute Gasteiger partial charge is 0.381 e.